The zero-order valence-electron chi connectivity index (χ0n) is 10.5. The van der Waals surface area contributed by atoms with Crippen LogP contribution < -0.4 is 4.74 Å². The van der Waals surface area contributed by atoms with Crippen LogP contribution in [0, 0.1) is 0 Å². The van der Waals surface area contributed by atoms with E-state index in [1.165, 1.54) is 0 Å². The van der Waals surface area contributed by atoms with E-state index in [9.17, 15) is 0 Å². The molecule has 0 bridgehead atoms. The number of pyridine rings is 1. The molecule has 4 aromatic rings. The molecule has 0 saturated heterocycles. The van der Waals surface area contributed by atoms with Gasteiger partial charge in [-0.3, -0.25) is 4.40 Å². The zero-order chi connectivity index (χ0) is 13.7. The van der Waals surface area contributed by atoms with Gasteiger partial charge in [-0.25, -0.2) is 15.0 Å². The highest BCUT2D eigenvalue weighted by atomic mass is 35.5. The minimum atomic E-state index is 0.456. The van der Waals surface area contributed by atoms with Crippen LogP contribution >= 0.6 is 11.6 Å². The summed E-state index contributed by atoms with van der Waals surface area (Å²) in [4.78, 5) is 13.4. The third-order valence-electron chi connectivity index (χ3n) is 3.19. The van der Waals surface area contributed by atoms with Crippen LogP contribution in [0.25, 0.3) is 27.8 Å². The highest BCUT2D eigenvalue weighted by molar-refractivity contribution is 6.31. The molecule has 6 heteroatoms. The van der Waals surface area contributed by atoms with Gasteiger partial charge in [0.1, 0.15) is 5.52 Å². The van der Waals surface area contributed by atoms with Gasteiger partial charge in [0.2, 0.25) is 5.65 Å². The maximum absolute atomic E-state index is 5.99. The SMILES string of the molecule is COc1nc2cc(Cl)cnc2n2c1nc1ccccc12. The molecule has 3 aromatic heterocycles. The molecule has 20 heavy (non-hydrogen) atoms. The summed E-state index contributed by atoms with van der Waals surface area (Å²) in [6, 6.07) is 9.61. The molecule has 4 rings (SSSR count). The van der Waals surface area contributed by atoms with Crippen molar-refractivity contribution in [2.45, 2.75) is 0 Å². The van der Waals surface area contributed by atoms with E-state index in [1.807, 2.05) is 28.7 Å². The lowest BCUT2D eigenvalue weighted by atomic mass is 10.3. The quantitative estimate of drug-likeness (QED) is 0.539. The lowest BCUT2D eigenvalue weighted by Crippen LogP contribution is -1.98. The number of benzene rings is 1. The van der Waals surface area contributed by atoms with E-state index in [-0.39, 0.29) is 0 Å². The summed E-state index contributed by atoms with van der Waals surface area (Å²) in [5.41, 5.74) is 3.86. The number of ether oxygens (including phenoxy) is 1. The fraction of sp³-hybridized carbons (Fsp3) is 0.0714. The van der Waals surface area contributed by atoms with Gasteiger partial charge in [0.05, 0.1) is 23.2 Å². The van der Waals surface area contributed by atoms with Gasteiger partial charge in [-0.05, 0) is 18.2 Å². The number of hydrogen-bond donors (Lipinski definition) is 0. The second-order valence-electron chi connectivity index (χ2n) is 4.38. The van der Waals surface area contributed by atoms with Crippen molar-refractivity contribution in [3.05, 3.63) is 41.6 Å². The smallest absolute Gasteiger partial charge is 0.258 e. The Balaban J connectivity index is 2.33. The van der Waals surface area contributed by atoms with Gasteiger partial charge in [-0.1, -0.05) is 23.7 Å². The van der Waals surface area contributed by atoms with Crippen LogP contribution in [0.2, 0.25) is 5.02 Å². The predicted molar refractivity (Wildman–Crippen MR) is 77.4 cm³/mol. The average molecular weight is 285 g/mol. The van der Waals surface area contributed by atoms with Crippen molar-refractivity contribution in [3.8, 4) is 5.88 Å². The minimum absolute atomic E-state index is 0.456. The molecule has 1 aromatic carbocycles. The first-order valence-electron chi connectivity index (χ1n) is 6.04. The molecule has 0 atom stereocenters. The van der Waals surface area contributed by atoms with Crippen molar-refractivity contribution >= 4 is 39.4 Å². The molecule has 0 amide bonds. The first kappa shape index (κ1) is 11.4. The Morgan fingerprint density at radius 1 is 1.10 bits per heavy atom. The molecule has 0 spiro atoms. The Hall–Kier alpha value is -2.40. The van der Waals surface area contributed by atoms with Gasteiger partial charge in [0, 0.05) is 6.20 Å². The Bertz CT molecular complexity index is 964. The number of halogens is 1. The lowest BCUT2D eigenvalue weighted by Gasteiger charge is -2.06. The summed E-state index contributed by atoms with van der Waals surface area (Å²) in [6.45, 7) is 0. The van der Waals surface area contributed by atoms with Crippen molar-refractivity contribution in [1.82, 2.24) is 19.4 Å². The van der Waals surface area contributed by atoms with Gasteiger partial charge >= 0.3 is 0 Å². The molecule has 98 valence electrons. The van der Waals surface area contributed by atoms with Crippen LogP contribution in [-0.2, 0) is 0 Å². The second-order valence-corrected chi connectivity index (χ2v) is 4.81. The number of para-hydroxylation sites is 2. The monoisotopic (exact) mass is 284 g/mol. The largest absolute Gasteiger partial charge is 0.478 e. The van der Waals surface area contributed by atoms with E-state index in [0.717, 1.165) is 11.0 Å². The summed E-state index contributed by atoms with van der Waals surface area (Å²) in [7, 11) is 1.57. The van der Waals surface area contributed by atoms with Crippen molar-refractivity contribution in [1.29, 1.82) is 0 Å². The minimum Gasteiger partial charge on any atom is -0.478 e. The Morgan fingerprint density at radius 2 is 1.95 bits per heavy atom. The topological polar surface area (TPSA) is 52.3 Å². The number of hydrogen-bond acceptors (Lipinski definition) is 4. The molecule has 0 aliphatic heterocycles. The van der Waals surface area contributed by atoms with Crippen LogP contribution in [0.5, 0.6) is 5.88 Å². The van der Waals surface area contributed by atoms with Gasteiger partial charge in [0.15, 0.2) is 5.65 Å². The number of fused-ring (bicyclic) bond motifs is 5. The summed E-state index contributed by atoms with van der Waals surface area (Å²) < 4.78 is 7.28. The summed E-state index contributed by atoms with van der Waals surface area (Å²) in [5.74, 6) is 0.456. The fourth-order valence-corrected chi connectivity index (χ4v) is 2.51. The van der Waals surface area contributed by atoms with Crippen LogP contribution in [0.3, 0.4) is 0 Å². The number of nitrogens with zero attached hydrogens (tertiary/aromatic N) is 4. The molecule has 0 saturated carbocycles. The highest BCUT2D eigenvalue weighted by Gasteiger charge is 2.15. The Morgan fingerprint density at radius 3 is 2.80 bits per heavy atom. The third-order valence-corrected chi connectivity index (χ3v) is 3.40. The third kappa shape index (κ3) is 1.47. The predicted octanol–water partition coefficient (Wildman–Crippen LogP) is 3.09. The molecule has 0 unspecified atom stereocenters. The van der Waals surface area contributed by atoms with Gasteiger partial charge in [0.25, 0.3) is 5.88 Å². The van der Waals surface area contributed by atoms with Crippen molar-refractivity contribution in [3.63, 3.8) is 0 Å². The maximum atomic E-state index is 5.99. The van der Waals surface area contributed by atoms with Gasteiger partial charge < -0.3 is 4.74 Å². The van der Waals surface area contributed by atoms with Gasteiger partial charge in [-0.2, -0.15) is 0 Å². The zero-order valence-corrected chi connectivity index (χ0v) is 11.3. The maximum Gasteiger partial charge on any atom is 0.258 e. The summed E-state index contributed by atoms with van der Waals surface area (Å²) in [5, 5.41) is 0.538. The molecule has 3 heterocycles. The molecule has 0 aliphatic rings. The molecule has 0 fully saturated rings. The molecular formula is C14H9ClN4O. The Kier molecular flexibility index (Phi) is 2.31. The normalized spacial score (nSPS) is 11.5. The van der Waals surface area contributed by atoms with Crippen molar-refractivity contribution < 1.29 is 4.74 Å². The highest BCUT2D eigenvalue weighted by Crippen LogP contribution is 2.27. The van der Waals surface area contributed by atoms with Crippen LogP contribution in [0.15, 0.2) is 36.5 Å². The molecular weight excluding hydrogens is 276 g/mol. The van der Waals surface area contributed by atoms with E-state index in [1.54, 1.807) is 19.4 Å². The standard InChI is InChI=1S/C14H9ClN4O/c1-20-14-13-17-9-4-2-3-5-11(9)19(13)12-10(18-14)6-8(15)7-16-12/h2-7H,1H3. The summed E-state index contributed by atoms with van der Waals surface area (Å²) >= 11 is 5.99. The van der Waals surface area contributed by atoms with E-state index < -0.39 is 0 Å². The van der Waals surface area contributed by atoms with Crippen LogP contribution in [0.4, 0.5) is 0 Å². The molecule has 0 aliphatic carbocycles. The number of methoxy groups -OCH3 is 1. The molecule has 0 radical (unpaired) electrons. The number of rotatable bonds is 1. The van der Waals surface area contributed by atoms with E-state index in [0.29, 0.717) is 27.7 Å². The molecule has 5 nitrogen and oxygen atoms in total. The van der Waals surface area contributed by atoms with Crippen LogP contribution in [0.1, 0.15) is 0 Å². The first-order valence-corrected chi connectivity index (χ1v) is 6.42. The van der Waals surface area contributed by atoms with Crippen molar-refractivity contribution in [2.75, 3.05) is 7.11 Å². The number of aromatic nitrogens is 4. The van der Waals surface area contributed by atoms with E-state index in [4.69, 9.17) is 16.3 Å². The fourth-order valence-electron chi connectivity index (χ4n) is 2.36. The lowest BCUT2D eigenvalue weighted by molar-refractivity contribution is 0.402. The second kappa shape index (κ2) is 4.05. The Labute approximate surface area is 118 Å². The van der Waals surface area contributed by atoms with E-state index >= 15 is 0 Å². The summed E-state index contributed by atoms with van der Waals surface area (Å²) in [6.07, 6.45) is 1.60. The molecule has 0 N–H and O–H groups in total. The van der Waals surface area contributed by atoms with Gasteiger partial charge in [-0.15, -0.1) is 0 Å². The average Bonchev–Trinajstić information content (AvgIpc) is 2.85. The van der Waals surface area contributed by atoms with Crippen LogP contribution in [-0.4, -0.2) is 26.5 Å². The first-order chi connectivity index (χ1) is 9.78. The van der Waals surface area contributed by atoms with E-state index in [2.05, 4.69) is 15.0 Å². The van der Waals surface area contributed by atoms with Crippen molar-refractivity contribution in [2.24, 2.45) is 0 Å². The number of imidazole rings is 1.